The van der Waals surface area contributed by atoms with Gasteiger partial charge in [0.1, 0.15) is 11.5 Å². The minimum absolute atomic E-state index is 0.200. The molecule has 33 heavy (non-hydrogen) atoms. The molecule has 4 rings (SSSR count). The minimum atomic E-state index is -0.200. The Hall–Kier alpha value is -3.53. The fourth-order valence-corrected chi connectivity index (χ4v) is 4.29. The summed E-state index contributed by atoms with van der Waals surface area (Å²) in [6.45, 7) is 10.9. The molecule has 0 atom stereocenters. The van der Waals surface area contributed by atoms with Crippen LogP contribution in [-0.4, -0.2) is 6.03 Å². The van der Waals surface area contributed by atoms with Crippen LogP contribution in [0.1, 0.15) is 52.8 Å². The number of ether oxygens (including phenoxy) is 1. The highest BCUT2D eigenvalue weighted by Gasteiger charge is 2.16. The quantitative estimate of drug-likeness (QED) is 0.424. The highest BCUT2D eigenvalue weighted by molar-refractivity contribution is 5.90. The summed E-state index contributed by atoms with van der Waals surface area (Å²) in [6.07, 6.45) is 4.02. The number of amides is 2. The zero-order valence-corrected chi connectivity index (χ0v) is 20.1. The molecule has 0 radical (unpaired) electrons. The molecule has 0 aromatic heterocycles. The molecule has 0 aliphatic heterocycles. The van der Waals surface area contributed by atoms with E-state index in [2.05, 4.69) is 62.6 Å². The van der Waals surface area contributed by atoms with Crippen molar-refractivity contribution >= 4 is 17.8 Å². The van der Waals surface area contributed by atoms with E-state index >= 15 is 0 Å². The van der Waals surface area contributed by atoms with E-state index in [0.717, 1.165) is 46.7 Å². The van der Waals surface area contributed by atoms with Crippen molar-refractivity contribution in [1.82, 2.24) is 5.32 Å². The topological polar surface area (TPSA) is 50.4 Å². The van der Waals surface area contributed by atoms with Gasteiger partial charge in [-0.25, -0.2) is 4.79 Å². The number of allylic oxidation sites excluding steroid dienone is 1. The molecule has 0 saturated carbocycles. The first-order chi connectivity index (χ1) is 15.8. The normalized spacial score (nSPS) is 12.2. The number of carbonyl (C=O) groups excluding carboxylic acids is 1. The lowest BCUT2D eigenvalue weighted by atomic mass is 10.0. The number of anilines is 1. The molecule has 0 saturated heterocycles. The molecule has 0 bridgehead atoms. The first kappa shape index (κ1) is 22.7. The first-order valence-corrected chi connectivity index (χ1v) is 11.6. The fourth-order valence-electron chi connectivity index (χ4n) is 4.29. The molecule has 2 amide bonds. The maximum Gasteiger partial charge on any atom is 0.319 e. The number of rotatable bonds is 6. The fraction of sp³-hybridized carbons (Fsp3) is 0.276. The Kier molecular flexibility index (Phi) is 6.55. The third kappa shape index (κ3) is 5.11. The second-order valence-corrected chi connectivity index (χ2v) is 8.95. The van der Waals surface area contributed by atoms with E-state index in [0.29, 0.717) is 6.54 Å². The number of urea groups is 1. The molecule has 0 heterocycles. The zero-order valence-electron chi connectivity index (χ0n) is 20.1. The second kappa shape index (κ2) is 9.53. The van der Waals surface area contributed by atoms with Gasteiger partial charge in [0.2, 0.25) is 0 Å². The van der Waals surface area contributed by atoms with Crippen LogP contribution >= 0.6 is 0 Å². The van der Waals surface area contributed by atoms with Crippen LogP contribution in [-0.2, 0) is 19.4 Å². The molecule has 3 aromatic carbocycles. The Morgan fingerprint density at radius 1 is 0.939 bits per heavy atom. The average Bonchev–Trinajstić information content (AvgIpc) is 3.17. The molecule has 2 N–H and O–H groups in total. The van der Waals surface area contributed by atoms with Crippen molar-refractivity contribution in [3.05, 3.63) is 93.0 Å². The Bertz CT molecular complexity index is 1240. The van der Waals surface area contributed by atoms with Gasteiger partial charge in [0, 0.05) is 17.8 Å². The molecule has 1 aliphatic rings. The third-order valence-electron chi connectivity index (χ3n) is 6.29. The van der Waals surface area contributed by atoms with E-state index in [1.54, 1.807) is 0 Å². The van der Waals surface area contributed by atoms with Crippen molar-refractivity contribution < 1.29 is 9.53 Å². The monoisotopic (exact) mass is 440 g/mol. The molecule has 4 nitrogen and oxygen atoms in total. The standard InChI is InChI=1S/C29H32N2O2/c1-6-23-15-19(3)20(4)16-26(23)31-29(32)30-17-22-10-11-27(21(5)14-22)33-28-9-7-8-24-12-18(2)13-25(24)28/h7-12,14-16H,6,13,17H2,1-5H3,(H2,30,31,32). The molecule has 0 unspecified atom stereocenters. The van der Waals surface area contributed by atoms with E-state index in [1.807, 2.05) is 37.3 Å². The van der Waals surface area contributed by atoms with Crippen molar-refractivity contribution in [3.63, 3.8) is 0 Å². The molecular formula is C29H32N2O2. The van der Waals surface area contributed by atoms with Crippen molar-refractivity contribution in [2.75, 3.05) is 5.32 Å². The first-order valence-electron chi connectivity index (χ1n) is 11.6. The molecule has 170 valence electrons. The Labute approximate surface area is 196 Å². The summed E-state index contributed by atoms with van der Waals surface area (Å²) in [4.78, 5) is 12.5. The molecule has 4 heteroatoms. The number of nitrogens with one attached hydrogen (secondary N) is 2. The predicted molar refractivity (Wildman–Crippen MR) is 136 cm³/mol. The van der Waals surface area contributed by atoms with Crippen molar-refractivity contribution in [2.24, 2.45) is 0 Å². The summed E-state index contributed by atoms with van der Waals surface area (Å²) in [5, 5.41) is 5.98. The molecule has 0 spiro atoms. The van der Waals surface area contributed by atoms with Gasteiger partial charge in [-0.15, -0.1) is 0 Å². The number of hydrogen-bond acceptors (Lipinski definition) is 2. The Morgan fingerprint density at radius 2 is 1.73 bits per heavy atom. The van der Waals surface area contributed by atoms with Crippen LogP contribution in [0.5, 0.6) is 11.5 Å². The second-order valence-electron chi connectivity index (χ2n) is 8.95. The molecule has 3 aromatic rings. The Balaban J connectivity index is 1.39. The van der Waals surface area contributed by atoms with Gasteiger partial charge in [0.15, 0.2) is 0 Å². The summed E-state index contributed by atoms with van der Waals surface area (Å²) < 4.78 is 6.27. The zero-order chi connectivity index (χ0) is 23.5. The van der Waals surface area contributed by atoms with Gasteiger partial charge in [-0.2, -0.15) is 0 Å². The van der Waals surface area contributed by atoms with Crippen LogP contribution < -0.4 is 15.4 Å². The molecule has 0 fully saturated rings. The van der Waals surface area contributed by atoms with Crippen molar-refractivity contribution in [2.45, 2.75) is 54.0 Å². The molecular weight excluding hydrogens is 408 g/mol. The van der Waals surface area contributed by atoms with Crippen LogP contribution in [0.25, 0.3) is 6.08 Å². The summed E-state index contributed by atoms with van der Waals surface area (Å²) in [5.41, 5.74) is 10.3. The third-order valence-corrected chi connectivity index (χ3v) is 6.29. The summed E-state index contributed by atoms with van der Waals surface area (Å²) in [7, 11) is 0. The van der Waals surface area contributed by atoms with Crippen molar-refractivity contribution in [3.8, 4) is 11.5 Å². The van der Waals surface area contributed by atoms with E-state index in [4.69, 9.17) is 4.74 Å². The summed E-state index contributed by atoms with van der Waals surface area (Å²) >= 11 is 0. The van der Waals surface area contributed by atoms with Gasteiger partial charge in [0.25, 0.3) is 0 Å². The van der Waals surface area contributed by atoms with Gasteiger partial charge in [-0.05, 0) is 92.1 Å². The van der Waals surface area contributed by atoms with Crippen LogP contribution in [0.3, 0.4) is 0 Å². The number of benzene rings is 3. The van der Waals surface area contributed by atoms with Crippen LogP contribution in [0.2, 0.25) is 0 Å². The maximum absolute atomic E-state index is 12.5. The summed E-state index contributed by atoms with van der Waals surface area (Å²) in [5.74, 6) is 1.75. The minimum Gasteiger partial charge on any atom is -0.457 e. The number of carbonyl (C=O) groups is 1. The SMILES string of the molecule is CCc1cc(C)c(C)cc1NC(=O)NCc1ccc(Oc2cccc3c2CC(C)=C3)c(C)c1. The number of hydrogen-bond donors (Lipinski definition) is 2. The lowest BCUT2D eigenvalue weighted by molar-refractivity contribution is 0.251. The number of fused-ring (bicyclic) bond motifs is 1. The lowest BCUT2D eigenvalue weighted by Crippen LogP contribution is -2.28. The van der Waals surface area contributed by atoms with E-state index in [1.165, 1.54) is 27.8 Å². The van der Waals surface area contributed by atoms with Crippen molar-refractivity contribution in [1.29, 1.82) is 0 Å². The van der Waals surface area contributed by atoms with Gasteiger partial charge >= 0.3 is 6.03 Å². The van der Waals surface area contributed by atoms with Gasteiger partial charge in [0.05, 0.1) is 0 Å². The highest BCUT2D eigenvalue weighted by atomic mass is 16.5. The predicted octanol–water partition coefficient (Wildman–Crippen LogP) is 7.25. The van der Waals surface area contributed by atoms with E-state index in [9.17, 15) is 4.79 Å². The lowest BCUT2D eigenvalue weighted by Gasteiger charge is -2.15. The largest absolute Gasteiger partial charge is 0.457 e. The van der Waals surface area contributed by atoms with E-state index in [-0.39, 0.29) is 6.03 Å². The highest BCUT2D eigenvalue weighted by Crippen LogP contribution is 2.35. The average molecular weight is 441 g/mol. The van der Waals surface area contributed by atoms with Gasteiger partial charge in [-0.3, -0.25) is 0 Å². The number of aryl methyl sites for hydroxylation is 4. The van der Waals surface area contributed by atoms with Gasteiger partial charge in [-0.1, -0.05) is 48.9 Å². The summed E-state index contributed by atoms with van der Waals surface area (Å²) in [6, 6.07) is 16.2. The van der Waals surface area contributed by atoms with Crippen LogP contribution in [0.15, 0.2) is 54.1 Å². The molecule has 1 aliphatic carbocycles. The Morgan fingerprint density at radius 3 is 2.48 bits per heavy atom. The van der Waals surface area contributed by atoms with E-state index < -0.39 is 0 Å². The van der Waals surface area contributed by atoms with Crippen LogP contribution in [0.4, 0.5) is 10.5 Å². The van der Waals surface area contributed by atoms with Gasteiger partial charge < -0.3 is 15.4 Å². The maximum atomic E-state index is 12.5. The van der Waals surface area contributed by atoms with Crippen LogP contribution in [0, 0.1) is 20.8 Å². The smallest absolute Gasteiger partial charge is 0.319 e.